The van der Waals surface area contributed by atoms with Crippen LogP contribution in [0.5, 0.6) is 0 Å². The van der Waals surface area contributed by atoms with Gasteiger partial charge in [-0.3, -0.25) is 0 Å². The zero-order valence-corrected chi connectivity index (χ0v) is 15.1. The third-order valence-electron chi connectivity index (χ3n) is 4.53. The van der Waals surface area contributed by atoms with Crippen LogP contribution in [0.1, 0.15) is 16.7 Å². The van der Waals surface area contributed by atoms with Crippen LogP contribution in [0.15, 0.2) is 59.1 Å². The molecular formula is C21H18BrN. The Morgan fingerprint density at radius 2 is 1.48 bits per heavy atom. The van der Waals surface area contributed by atoms with Gasteiger partial charge in [-0.2, -0.15) is 0 Å². The molecule has 2 heteroatoms. The van der Waals surface area contributed by atoms with Crippen molar-refractivity contribution in [2.75, 3.05) is 0 Å². The molecule has 1 nitrogen and oxygen atoms in total. The average molecular weight is 364 g/mol. The van der Waals surface area contributed by atoms with Gasteiger partial charge in [0.05, 0.1) is 16.7 Å². The lowest BCUT2D eigenvalue weighted by Gasteiger charge is -2.14. The van der Waals surface area contributed by atoms with E-state index in [1.807, 2.05) is 0 Å². The van der Waals surface area contributed by atoms with Crippen molar-refractivity contribution in [3.05, 3.63) is 75.8 Å². The first-order valence-corrected chi connectivity index (χ1v) is 8.62. The maximum atomic E-state index is 3.71. The van der Waals surface area contributed by atoms with Crippen molar-refractivity contribution in [3.63, 3.8) is 0 Å². The van der Waals surface area contributed by atoms with Crippen LogP contribution in [0, 0.1) is 20.8 Å². The van der Waals surface area contributed by atoms with Gasteiger partial charge in [0.2, 0.25) is 0 Å². The molecule has 114 valence electrons. The number of halogens is 1. The molecular weight excluding hydrogens is 346 g/mol. The summed E-state index contributed by atoms with van der Waals surface area (Å²) < 4.78 is 3.55. The van der Waals surface area contributed by atoms with Gasteiger partial charge in [0.15, 0.2) is 0 Å². The van der Waals surface area contributed by atoms with Gasteiger partial charge in [0, 0.05) is 15.2 Å². The second-order valence-electron chi connectivity index (χ2n) is 6.26. The molecule has 0 aliphatic carbocycles. The van der Waals surface area contributed by atoms with Gasteiger partial charge >= 0.3 is 0 Å². The van der Waals surface area contributed by atoms with Crippen LogP contribution in [0.25, 0.3) is 27.5 Å². The molecule has 4 rings (SSSR count). The van der Waals surface area contributed by atoms with Crippen LogP contribution in [0.3, 0.4) is 0 Å². The zero-order chi connectivity index (χ0) is 16.1. The maximum Gasteiger partial charge on any atom is 0.0543 e. The quantitative estimate of drug-likeness (QED) is 0.365. The van der Waals surface area contributed by atoms with E-state index in [9.17, 15) is 0 Å². The van der Waals surface area contributed by atoms with Crippen molar-refractivity contribution < 1.29 is 0 Å². The van der Waals surface area contributed by atoms with E-state index in [0.29, 0.717) is 0 Å². The Morgan fingerprint density at radius 1 is 0.739 bits per heavy atom. The molecule has 4 aromatic rings. The summed E-state index contributed by atoms with van der Waals surface area (Å²) in [5, 5.41) is 2.61. The van der Waals surface area contributed by atoms with Gasteiger partial charge in [0.25, 0.3) is 0 Å². The van der Waals surface area contributed by atoms with E-state index < -0.39 is 0 Å². The Morgan fingerprint density at radius 3 is 2.30 bits per heavy atom. The van der Waals surface area contributed by atoms with Crippen LogP contribution < -0.4 is 0 Å². The summed E-state index contributed by atoms with van der Waals surface area (Å²) in [7, 11) is 0. The van der Waals surface area contributed by atoms with Crippen LogP contribution in [-0.4, -0.2) is 4.57 Å². The summed E-state index contributed by atoms with van der Waals surface area (Å²) in [5.41, 5.74) is 7.58. The molecule has 0 N–H and O–H groups in total. The highest BCUT2D eigenvalue weighted by atomic mass is 79.9. The van der Waals surface area contributed by atoms with Crippen molar-refractivity contribution in [3.8, 4) is 5.69 Å². The van der Waals surface area contributed by atoms with E-state index >= 15 is 0 Å². The van der Waals surface area contributed by atoms with Crippen molar-refractivity contribution in [1.82, 2.24) is 4.57 Å². The molecule has 0 amide bonds. The Balaban J connectivity index is 2.24. The highest BCUT2D eigenvalue weighted by molar-refractivity contribution is 9.10. The molecule has 0 saturated heterocycles. The maximum absolute atomic E-state index is 3.71. The van der Waals surface area contributed by atoms with E-state index in [1.54, 1.807) is 0 Å². The number of para-hydroxylation sites is 1. The minimum Gasteiger partial charge on any atom is -0.309 e. The fraction of sp³-hybridized carbons (Fsp3) is 0.143. The molecule has 1 heterocycles. The van der Waals surface area contributed by atoms with Crippen LogP contribution >= 0.6 is 15.9 Å². The number of aryl methyl sites for hydroxylation is 2. The fourth-order valence-electron chi connectivity index (χ4n) is 3.37. The van der Waals surface area contributed by atoms with E-state index in [0.717, 1.165) is 4.47 Å². The second-order valence-corrected chi connectivity index (χ2v) is 7.12. The molecule has 0 bridgehead atoms. The molecule has 0 aliphatic heterocycles. The zero-order valence-electron chi connectivity index (χ0n) is 13.5. The van der Waals surface area contributed by atoms with Crippen LogP contribution in [0.2, 0.25) is 0 Å². The molecule has 0 radical (unpaired) electrons. The number of fused-ring (bicyclic) bond motifs is 3. The molecule has 0 spiro atoms. The van der Waals surface area contributed by atoms with Gasteiger partial charge < -0.3 is 4.57 Å². The van der Waals surface area contributed by atoms with Crippen molar-refractivity contribution in [2.45, 2.75) is 20.8 Å². The summed E-state index contributed by atoms with van der Waals surface area (Å²) in [4.78, 5) is 0. The molecule has 0 atom stereocenters. The first-order valence-electron chi connectivity index (χ1n) is 7.83. The summed E-state index contributed by atoms with van der Waals surface area (Å²) in [6, 6.07) is 19.8. The predicted molar refractivity (Wildman–Crippen MR) is 103 cm³/mol. The molecule has 0 unspecified atom stereocenters. The third-order valence-corrected chi connectivity index (χ3v) is 5.36. The lowest BCUT2D eigenvalue weighted by molar-refractivity contribution is 1.13. The Hall–Kier alpha value is -2.06. The monoisotopic (exact) mass is 363 g/mol. The second kappa shape index (κ2) is 5.24. The number of rotatable bonds is 1. The predicted octanol–water partition coefficient (Wildman–Crippen LogP) is 6.47. The molecule has 0 saturated carbocycles. The molecule has 3 aromatic carbocycles. The summed E-state index contributed by atoms with van der Waals surface area (Å²) in [5.74, 6) is 0. The number of benzene rings is 3. The minimum absolute atomic E-state index is 1.16. The number of aromatic nitrogens is 1. The lowest BCUT2D eigenvalue weighted by atomic mass is 10.1. The van der Waals surface area contributed by atoms with Crippen molar-refractivity contribution in [1.29, 1.82) is 0 Å². The van der Waals surface area contributed by atoms with E-state index in [2.05, 4.69) is 95.9 Å². The lowest BCUT2D eigenvalue weighted by Crippen LogP contribution is -1.98. The highest BCUT2D eigenvalue weighted by Gasteiger charge is 2.14. The smallest absolute Gasteiger partial charge is 0.0543 e. The summed E-state index contributed by atoms with van der Waals surface area (Å²) in [6.45, 7) is 6.47. The Kier molecular flexibility index (Phi) is 3.31. The van der Waals surface area contributed by atoms with Gasteiger partial charge in [-0.15, -0.1) is 0 Å². The largest absolute Gasteiger partial charge is 0.309 e. The fourth-order valence-corrected chi connectivity index (χ4v) is 3.93. The standard InChI is InChI=1S/C21H18BrN/c1-13-8-9-17-16-6-4-5-7-19(16)23(21(17)11-13)20-12-14(2)10-18(22)15(20)3/h4-12H,1-3H3. The number of hydrogen-bond donors (Lipinski definition) is 0. The number of nitrogens with zero attached hydrogens (tertiary/aromatic N) is 1. The van der Waals surface area contributed by atoms with E-state index in [4.69, 9.17) is 0 Å². The third kappa shape index (κ3) is 2.21. The van der Waals surface area contributed by atoms with Gasteiger partial charge in [0.1, 0.15) is 0 Å². The van der Waals surface area contributed by atoms with E-state index in [1.165, 1.54) is 44.2 Å². The SMILES string of the molecule is Cc1cc(Br)c(C)c(-n2c3ccccc3c3ccc(C)cc32)c1. The number of hydrogen-bond acceptors (Lipinski definition) is 0. The first kappa shape index (κ1) is 14.5. The minimum atomic E-state index is 1.16. The Labute approximate surface area is 144 Å². The molecule has 1 aromatic heterocycles. The van der Waals surface area contributed by atoms with Crippen LogP contribution in [0.4, 0.5) is 0 Å². The normalized spacial score (nSPS) is 11.5. The van der Waals surface area contributed by atoms with Gasteiger partial charge in [-0.1, -0.05) is 46.3 Å². The molecule has 0 aliphatic rings. The van der Waals surface area contributed by atoms with Crippen LogP contribution in [-0.2, 0) is 0 Å². The summed E-state index contributed by atoms with van der Waals surface area (Å²) >= 11 is 3.71. The first-order chi connectivity index (χ1) is 11.1. The topological polar surface area (TPSA) is 4.93 Å². The average Bonchev–Trinajstić information content (AvgIpc) is 2.84. The molecule has 0 fully saturated rings. The molecule has 23 heavy (non-hydrogen) atoms. The van der Waals surface area contributed by atoms with E-state index in [-0.39, 0.29) is 0 Å². The van der Waals surface area contributed by atoms with Crippen molar-refractivity contribution in [2.24, 2.45) is 0 Å². The Bertz CT molecular complexity index is 1060. The van der Waals surface area contributed by atoms with Gasteiger partial charge in [-0.05, 0) is 61.7 Å². The van der Waals surface area contributed by atoms with Gasteiger partial charge in [-0.25, -0.2) is 0 Å². The highest BCUT2D eigenvalue weighted by Crippen LogP contribution is 2.35. The van der Waals surface area contributed by atoms with Crippen molar-refractivity contribution >= 4 is 37.7 Å². The summed E-state index contributed by atoms with van der Waals surface area (Å²) in [6.07, 6.45) is 0.